The molecule has 10 nitrogen and oxygen atoms in total. The Hall–Kier alpha value is -3.62. The Kier molecular flexibility index (Phi) is 11.0. The number of isocyanates is 2. The summed E-state index contributed by atoms with van der Waals surface area (Å²) in [6, 6.07) is 11.2. The molecular weight excluding hydrogens is 456 g/mol. The van der Waals surface area contributed by atoms with Crippen LogP contribution >= 0.6 is 0 Å². The molecule has 0 aliphatic heterocycles. The van der Waals surface area contributed by atoms with Gasteiger partial charge in [0.05, 0.1) is 49.5 Å². The van der Waals surface area contributed by atoms with Crippen molar-refractivity contribution in [3.8, 4) is 0 Å². The van der Waals surface area contributed by atoms with Crippen molar-refractivity contribution in [2.45, 2.75) is 32.2 Å². The molecule has 3 atom stereocenters. The van der Waals surface area contributed by atoms with Gasteiger partial charge in [-0.2, -0.15) is 9.98 Å². The van der Waals surface area contributed by atoms with Gasteiger partial charge in [0, 0.05) is 11.1 Å². The van der Waals surface area contributed by atoms with Crippen LogP contribution in [-0.4, -0.2) is 72.1 Å². The third-order valence-corrected chi connectivity index (χ3v) is 5.03. The van der Waals surface area contributed by atoms with Gasteiger partial charge in [-0.15, -0.1) is 0 Å². The lowest BCUT2D eigenvalue weighted by atomic mass is 9.86. The van der Waals surface area contributed by atoms with Crippen LogP contribution in [0.2, 0.25) is 0 Å². The average molecular weight is 482 g/mol. The first-order valence-corrected chi connectivity index (χ1v) is 10.8. The molecule has 0 saturated carbocycles. The molecule has 3 unspecified atom stereocenters. The van der Waals surface area contributed by atoms with Gasteiger partial charge in [0.15, 0.2) is 11.6 Å². The van der Waals surface area contributed by atoms with E-state index >= 15 is 0 Å². The van der Waals surface area contributed by atoms with Gasteiger partial charge in [0.1, 0.15) is 5.92 Å². The fourth-order valence-electron chi connectivity index (χ4n) is 3.09. The van der Waals surface area contributed by atoms with Crippen molar-refractivity contribution in [2.75, 3.05) is 19.8 Å². The second-order valence-electron chi connectivity index (χ2n) is 7.74. The number of aliphatic imine (C=N–C) groups is 2. The smallest absolute Gasteiger partial charge is 0.240 e. The first-order valence-electron chi connectivity index (χ1n) is 10.8. The van der Waals surface area contributed by atoms with E-state index in [1.54, 1.807) is 13.8 Å². The minimum Gasteiger partial charge on any atom is -0.394 e. The Balaban J connectivity index is 2.26. The number of hydrogen-bond donors (Lipinski definition) is 2. The van der Waals surface area contributed by atoms with Crippen LogP contribution in [0, 0.1) is 5.92 Å². The zero-order chi connectivity index (χ0) is 25.8. The number of hydrogen-bond acceptors (Lipinski definition) is 10. The van der Waals surface area contributed by atoms with Crippen LogP contribution in [-0.2, 0) is 19.1 Å². The molecule has 0 bridgehead atoms. The van der Waals surface area contributed by atoms with Crippen LogP contribution in [0.3, 0.4) is 0 Å². The highest BCUT2D eigenvalue weighted by Gasteiger charge is 2.35. The molecule has 35 heavy (non-hydrogen) atoms. The highest BCUT2D eigenvalue weighted by molar-refractivity contribution is 6.16. The van der Waals surface area contributed by atoms with Crippen LogP contribution in [0.4, 0.5) is 11.4 Å². The largest absolute Gasteiger partial charge is 0.394 e. The number of rotatable bonds is 14. The average Bonchev–Trinajstić information content (AvgIpc) is 2.87. The van der Waals surface area contributed by atoms with Crippen LogP contribution in [0.15, 0.2) is 58.5 Å². The van der Waals surface area contributed by atoms with Gasteiger partial charge in [-0.05, 0) is 62.4 Å². The molecule has 0 amide bonds. The summed E-state index contributed by atoms with van der Waals surface area (Å²) in [7, 11) is 0. The molecule has 0 saturated heterocycles. The molecule has 0 aliphatic rings. The number of ether oxygens (including phenoxy) is 2. The fraction of sp³-hybridized carbons (Fsp3) is 0.360. The van der Waals surface area contributed by atoms with E-state index in [-0.39, 0.29) is 48.4 Å². The lowest BCUT2D eigenvalue weighted by Gasteiger charge is -2.23. The molecule has 2 aromatic carbocycles. The minimum atomic E-state index is -1.50. The molecular formula is C25H26N2O8. The van der Waals surface area contributed by atoms with E-state index in [4.69, 9.17) is 14.6 Å². The Morgan fingerprint density at radius 3 is 1.63 bits per heavy atom. The number of ketones is 2. The Morgan fingerprint density at radius 2 is 1.23 bits per heavy atom. The first-order chi connectivity index (χ1) is 16.8. The normalized spacial score (nSPS) is 14.1. The number of Topliss-reactive ketones (excluding diaryl/α,β-unsaturated/α-hetero) is 2. The zero-order valence-corrected chi connectivity index (χ0v) is 19.3. The predicted molar refractivity (Wildman–Crippen MR) is 125 cm³/mol. The van der Waals surface area contributed by atoms with Crippen molar-refractivity contribution < 1.29 is 38.9 Å². The topological polar surface area (TPSA) is 152 Å². The first kappa shape index (κ1) is 27.6. The molecule has 2 rings (SSSR count). The second-order valence-corrected chi connectivity index (χ2v) is 7.74. The van der Waals surface area contributed by atoms with E-state index in [1.807, 2.05) is 0 Å². The number of carbonyl (C=O) groups excluding carboxylic acids is 4. The van der Waals surface area contributed by atoms with E-state index < -0.39 is 29.7 Å². The number of aliphatic hydroxyl groups is 2. The maximum Gasteiger partial charge on any atom is 0.240 e. The highest BCUT2D eigenvalue weighted by Crippen LogP contribution is 2.23. The molecule has 0 aliphatic carbocycles. The van der Waals surface area contributed by atoms with Crippen molar-refractivity contribution in [3.63, 3.8) is 0 Å². The third kappa shape index (κ3) is 8.27. The summed E-state index contributed by atoms with van der Waals surface area (Å²) in [5.41, 5.74) is 0.811. The summed E-state index contributed by atoms with van der Waals surface area (Å²) in [4.78, 5) is 54.3. The third-order valence-electron chi connectivity index (χ3n) is 5.03. The van der Waals surface area contributed by atoms with E-state index in [1.165, 1.54) is 60.7 Å². The lowest BCUT2D eigenvalue weighted by Crippen LogP contribution is -2.39. The summed E-state index contributed by atoms with van der Waals surface area (Å²) in [5, 5.41) is 19.9. The Bertz CT molecular complexity index is 1010. The van der Waals surface area contributed by atoms with Crippen LogP contribution in [0.1, 0.15) is 34.6 Å². The summed E-state index contributed by atoms with van der Waals surface area (Å²) in [6.45, 7) is 3.02. The van der Waals surface area contributed by atoms with Crippen molar-refractivity contribution in [3.05, 3.63) is 59.7 Å². The van der Waals surface area contributed by atoms with Crippen molar-refractivity contribution in [1.82, 2.24) is 0 Å². The molecule has 0 spiro atoms. The summed E-state index contributed by atoms with van der Waals surface area (Å²) < 4.78 is 11.0. The quantitative estimate of drug-likeness (QED) is 0.180. The van der Waals surface area contributed by atoms with Crippen LogP contribution < -0.4 is 0 Å². The van der Waals surface area contributed by atoms with Gasteiger partial charge < -0.3 is 19.7 Å². The summed E-state index contributed by atoms with van der Waals surface area (Å²) >= 11 is 0. The Labute approximate surface area is 201 Å². The van der Waals surface area contributed by atoms with Crippen molar-refractivity contribution in [2.24, 2.45) is 15.9 Å². The van der Waals surface area contributed by atoms with Gasteiger partial charge >= 0.3 is 0 Å². The van der Waals surface area contributed by atoms with Crippen molar-refractivity contribution in [1.29, 1.82) is 0 Å². The zero-order valence-electron chi connectivity index (χ0n) is 19.3. The van der Waals surface area contributed by atoms with E-state index in [0.717, 1.165) is 0 Å². The number of benzene rings is 2. The van der Waals surface area contributed by atoms with Gasteiger partial charge in [-0.25, -0.2) is 9.59 Å². The molecule has 0 radical (unpaired) electrons. The number of carbonyl (C=O) groups is 2. The Morgan fingerprint density at radius 1 is 0.800 bits per heavy atom. The van der Waals surface area contributed by atoms with Gasteiger partial charge in [0.25, 0.3) is 0 Å². The van der Waals surface area contributed by atoms with Gasteiger partial charge in [-0.1, -0.05) is 0 Å². The van der Waals surface area contributed by atoms with Crippen LogP contribution in [0.25, 0.3) is 0 Å². The number of aliphatic hydroxyl groups excluding tert-OH is 2. The van der Waals surface area contributed by atoms with Gasteiger partial charge in [-0.3, -0.25) is 9.59 Å². The molecule has 0 heterocycles. The number of nitrogens with zero attached hydrogens (tertiary/aromatic N) is 2. The SMILES string of the molecule is CC(CO)OCC(C)OCC(O)C(C(=O)c1ccc(N=C=O)cc1)C(=O)c1ccc(N=C=O)cc1. The van der Waals surface area contributed by atoms with Gasteiger partial charge in [0.2, 0.25) is 12.2 Å². The highest BCUT2D eigenvalue weighted by atomic mass is 16.5. The van der Waals surface area contributed by atoms with Crippen molar-refractivity contribution >= 4 is 35.1 Å². The molecule has 184 valence electrons. The molecule has 2 aromatic rings. The lowest BCUT2D eigenvalue weighted by molar-refractivity contribution is -0.0689. The van der Waals surface area contributed by atoms with E-state index in [0.29, 0.717) is 0 Å². The second kappa shape index (κ2) is 13.9. The fourth-order valence-corrected chi connectivity index (χ4v) is 3.09. The van der Waals surface area contributed by atoms with E-state index in [9.17, 15) is 24.3 Å². The van der Waals surface area contributed by atoms with E-state index in [2.05, 4.69) is 9.98 Å². The molecule has 10 heteroatoms. The maximum absolute atomic E-state index is 13.3. The standard InChI is InChI=1S/C25H26N2O8/c1-16(11-28)34-12-17(2)35-13-22(31)23(24(32)18-3-7-20(8-4-18)26-14-29)25(33)19-5-9-21(10-6-19)27-15-30/h3-10,16-17,22-23,28,31H,11-13H2,1-2H3. The minimum absolute atomic E-state index is 0.127. The molecule has 0 aromatic heterocycles. The van der Waals surface area contributed by atoms with Crippen LogP contribution in [0.5, 0.6) is 0 Å². The monoisotopic (exact) mass is 482 g/mol. The molecule has 0 fully saturated rings. The summed E-state index contributed by atoms with van der Waals surface area (Å²) in [5.74, 6) is -2.80. The molecule has 2 N–H and O–H groups in total. The summed E-state index contributed by atoms with van der Waals surface area (Å²) in [6.07, 6.45) is 0.435. The predicted octanol–water partition coefficient (Wildman–Crippen LogP) is 2.47. The maximum atomic E-state index is 13.3.